The van der Waals surface area contributed by atoms with Crippen molar-refractivity contribution in [1.82, 2.24) is 10.6 Å². The van der Waals surface area contributed by atoms with Crippen molar-refractivity contribution in [3.8, 4) is 0 Å². The van der Waals surface area contributed by atoms with Crippen molar-refractivity contribution in [2.45, 2.75) is 48.7 Å². The van der Waals surface area contributed by atoms with Crippen molar-refractivity contribution in [2.24, 2.45) is 5.73 Å². The molecule has 0 saturated carbocycles. The Bertz CT molecular complexity index is 1500. The smallest absolute Gasteiger partial charge is 0.327 e. The van der Waals surface area contributed by atoms with E-state index in [1.54, 1.807) is 18.2 Å². The SMILES string of the molecule is CC1N(S(=O)(=O)c2ccc(F)cc2)c2ccc(C(=O)NCc3ccccc3C(N)(F)F)cc2C12CCNCC2. The normalized spacial score (nSPS) is 18.7. The molecule has 1 saturated heterocycles. The Balaban J connectivity index is 1.50. The van der Waals surface area contributed by atoms with Crippen LogP contribution in [0, 0.1) is 5.82 Å². The van der Waals surface area contributed by atoms with E-state index in [4.69, 9.17) is 5.73 Å². The molecule has 1 atom stereocenters. The van der Waals surface area contributed by atoms with Crippen LogP contribution in [0.2, 0.25) is 0 Å². The molecule has 1 fully saturated rings. The number of carbonyl (C=O) groups excluding carboxylic acids is 1. The van der Waals surface area contributed by atoms with E-state index in [2.05, 4.69) is 10.6 Å². The lowest BCUT2D eigenvalue weighted by Crippen LogP contribution is -2.50. The maximum absolute atomic E-state index is 13.8. The molecule has 0 aliphatic carbocycles. The fourth-order valence-electron chi connectivity index (χ4n) is 5.82. The number of nitrogens with zero attached hydrogens (tertiary/aromatic N) is 1. The summed E-state index contributed by atoms with van der Waals surface area (Å²) in [5, 5.41) is 6.00. The van der Waals surface area contributed by atoms with Gasteiger partial charge < -0.3 is 10.6 Å². The Morgan fingerprint density at radius 3 is 2.44 bits per heavy atom. The molecular weight excluding hydrogens is 529 g/mol. The highest BCUT2D eigenvalue weighted by atomic mass is 32.2. The largest absolute Gasteiger partial charge is 0.348 e. The quantitative estimate of drug-likeness (QED) is 0.397. The summed E-state index contributed by atoms with van der Waals surface area (Å²) in [5.41, 5.74) is 5.78. The number of halogens is 3. The maximum atomic E-state index is 13.8. The van der Waals surface area contributed by atoms with Crippen molar-refractivity contribution in [1.29, 1.82) is 0 Å². The van der Waals surface area contributed by atoms with Gasteiger partial charge in [0.15, 0.2) is 0 Å². The summed E-state index contributed by atoms with van der Waals surface area (Å²) in [5.74, 6) is -1.02. The van der Waals surface area contributed by atoms with Gasteiger partial charge in [-0.3, -0.25) is 14.8 Å². The van der Waals surface area contributed by atoms with Crippen LogP contribution < -0.4 is 20.7 Å². The summed E-state index contributed by atoms with van der Waals surface area (Å²) in [6.07, 6.45) is 1.31. The van der Waals surface area contributed by atoms with E-state index in [-0.39, 0.29) is 28.1 Å². The number of fused-ring (bicyclic) bond motifs is 2. The van der Waals surface area contributed by atoms with Gasteiger partial charge in [0.25, 0.3) is 15.9 Å². The van der Waals surface area contributed by atoms with Gasteiger partial charge in [0.2, 0.25) is 0 Å². The highest BCUT2D eigenvalue weighted by Crippen LogP contribution is 2.52. The summed E-state index contributed by atoms with van der Waals surface area (Å²) in [7, 11) is -4.03. The minimum Gasteiger partial charge on any atom is -0.348 e. The Morgan fingerprint density at radius 1 is 1.10 bits per heavy atom. The zero-order valence-electron chi connectivity index (χ0n) is 21.3. The van der Waals surface area contributed by atoms with Crippen LogP contribution in [0.5, 0.6) is 0 Å². The Hall–Kier alpha value is -3.41. The van der Waals surface area contributed by atoms with Crippen LogP contribution in [-0.4, -0.2) is 33.5 Å². The van der Waals surface area contributed by atoms with Crippen molar-refractivity contribution in [3.05, 3.63) is 94.8 Å². The maximum Gasteiger partial charge on any atom is 0.327 e. The molecule has 5 rings (SSSR count). The molecule has 1 amide bonds. The lowest BCUT2D eigenvalue weighted by Gasteiger charge is -2.40. The van der Waals surface area contributed by atoms with Crippen molar-refractivity contribution < 1.29 is 26.4 Å². The first-order valence-electron chi connectivity index (χ1n) is 12.6. The van der Waals surface area contributed by atoms with E-state index in [0.29, 0.717) is 31.6 Å². The lowest BCUT2D eigenvalue weighted by atomic mass is 9.70. The number of anilines is 1. The van der Waals surface area contributed by atoms with Crippen LogP contribution in [0.15, 0.2) is 71.6 Å². The first-order chi connectivity index (χ1) is 18.4. The number of amides is 1. The number of rotatable bonds is 6. The summed E-state index contributed by atoms with van der Waals surface area (Å²) in [4.78, 5) is 13.1. The van der Waals surface area contributed by atoms with E-state index in [9.17, 15) is 26.4 Å². The fraction of sp³-hybridized carbons (Fsp3) is 0.321. The molecule has 2 heterocycles. The molecule has 3 aromatic rings. The number of piperidine rings is 1. The molecule has 3 aromatic carbocycles. The molecule has 11 heteroatoms. The number of nitrogens with one attached hydrogen (secondary N) is 2. The summed E-state index contributed by atoms with van der Waals surface area (Å²) in [6.45, 7) is 3.05. The number of nitrogens with two attached hydrogens (primary N) is 1. The summed E-state index contributed by atoms with van der Waals surface area (Å²) < 4.78 is 70.1. The van der Waals surface area contributed by atoms with Crippen LogP contribution in [0.3, 0.4) is 0 Å². The van der Waals surface area contributed by atoms with Crippen LogP contribution in [0.4, 0.5) is 18.9 Å². The number of benzene rings is 3. The van der Waals surface area contributed by atoms with Gasteiger partial charge in [0, 0.05) is 23.1 Å². The van der Waals surface area contributed by atoms with Gasteiger partial charge in [-0.1, -0.05) is 24.3 Å². The van der Waals surface area contributed by atoms with Gasteiger partial charge >= 0.3 is 6.05 Å². The molecule has 1 unspecified atom stereocenters. The molecular formula is C28H29F3N4O3S. The van der Waals surface area contributed by atoms with E-state index in [0.717, 1.165) is 17.7 Å². The molecule has 39 heavy (non-hydrogen) atoms. The number of alkyl halides is 2. The zero-order chi connectivity index (χ0) is 28.0. The van der Waals surface area contributed by atoms with E-state index in [1.165, 1.54) is 40.7 Å². The monoisotopic (exact) mass is 558 g/mol. The molecule has 0 aromatic heterocycles. The standard InChI is InChI=1S/C28H29F3N4O3S/c1-18-27(12-14-33-15-13-27)24-16-19(26(36)34-17-20-4-2-3-5-23(20)28(30,31)32)6-11-25(24)35(18)39(37,38)22-9-7-21(29)8-10-22/h2-11,16,18,33H,12-15,17,32H2,1H3,(H,34,36). The fourth-order valence-corrected chi connectivity index (χ4v) is 7.56. The second-order valence-electron chi connectivity index (χ2n) is 10.0. The highest BCUT2D eigenvalue weighted by Gasteiger charge is 2.53. The number of sulfonamides is 1. The van der Waals surface area contributed by atoms with Gasteiger partial charge in [-0.2, -0.15) is 8.78 Å². The zero-order valence-corrected chi connectivity index (χ0v) is 22.1. The first kappa shape index (κ1) is 27.2. The van der Waals surface area contributed by atoms with Crippen LogP contribution in [0.1, 0.15) is 46.8 Å². The Morgan fingerprint density at radius 2 is 1.77 bits per heavy atom. The molecule has 0 radical (unpaired) electrons. The molecule has 206 valence electrons. The summed E-state index contributed by atoms with van der Waals surface area (Å²) in [6, 6.07) is 11.3. The van der Waals surface area contributed by atoms with Gasteiger partial charge in [-0.05, 0) is 86.4 Å². The number of hydrogen-bond donors (Lipinski definition) is 3. The third kappa shape index (κ3) is 4.79. The topological polar surface area (TPSA) is 105 Å². The number of carbonyl (C=O) groups is 1. The van der Waals surface area contributed by atoms with Gasteiger partial charge in [-0.15, -0.1) is 0 Å². The average molecular weight is 559 g/mol. The Kier molecular flexibility index (Phi) is 6.94. The molecule has 2 aliphatic heterocycles. The van der Waals surface area contributed by atoms with Gasteiger partial charge in [0.05, 0.1) is 16.6 Å². The molecule has 2 aliphatic rings. The predicted molar refractivity (Wildman–Crippen MR) is 141 cm³/mol. The summed E-state index contributed by atoms with van der Waals surface area (Å²) >= 11 is 0. The van der Waals surface area contributed by atoms with Gasteiger partial charge in [-0.25, -0.2) is 12.8 Å². The Labute approximate surface area is 225 Å². The van der Waals surface area contributed by atoms with Crippen LogP contribution in [0.25, 0.3) is 0 Å². The van der Waals surface area contributed by atoms with Crippen LogP contribution >= 0.6 is 0 Å². The van der Waals surface area contributed by atoms with Crippen molar-refractivity contribution in [3.63, 3.8) is 0 Å². The second kappa shape index (κ2) is 9.96. The number of hydrogen-bond acceptors (Lipinski definition) is 5. The van der Waals surface area contributed by atoms with Crippen molar-refractivity contribution >= 4 is 21.6 Å². The minimum atomic E-state index is -4.03. The molecule has 0 bridgehead atoms. The third-order valence-electron chi connectivity index (χ3n) is 7.87. The van der Waals surface area contributed by atoms with Crippen LogP contribution in [-0.2, 0) is 28.0 Å². The molecule has 1 spiro atoms. The first-order valence-corrected chi connectivity index (χ1v) is 14.1. The lowest BCUT2D eigenvalue weighted by molar-refractivity contribution is 0.00195. The average Bonchev–Trinajstić information content (AvgIpc) is 3.14. The molecule has 7 nitrogen and oxygen atoms in total. The van der Waals surface area contributed by atoms with E-state index < -0.39 is 39.3 Å². The second-order valence-corrected chi connectivity index (χ2v) is 11.8. The van der Waals surface area contributed by atoms with E-state index >= 15 is 0 Å². The third-order valence-corrected chi connectivity index (χ3v) is 9.76. The van der Waals surface area contributed by atoms with E-state index in [1.807, 2.05) is 6.92 Å². The molecule has 4 N–H and O–H groups in total. The van der Waals surface area contributed by atoms with Crippen molar-refractivity contribution in [2.75, 3.05) is 17.4 Å². The minimum absolute atomic E-state index is 0.0233. The van der Waals surface area contributed by atoms with Gasteiger partial charge in [0.1, 0.15) is 5.82 Å². The highest BCUT2D eigenvalue weighted by molar-refractivity contribution is 7.92. The predicted octanol–water partition coefficient (Wildman–Crippen LogP) is 3.98.